The van der Waals surface area contributed by atoms with E-state index in [0.717, 1.165) is 0 Å². The molecule has 0 aliphatic rings. The molecule has 0 saturated carbocycles. The molecule has 23 heavy (non-hydrogen) atoms. The van der Waals surface area contributed by atoms with Gasteiger partial charge in [0.25, 0.3) is 0 Å². The van der Waals surface area contributed by atoms with Crippen LogP contribution in [0.3, 0.4) is 0 Å². The van der Waals surface area contributed by atoms with E-state index in [1.807, 2.05) is 19.9 Å². The lowest BCUT2D eigenvalue weighted by atomic mass is 10.3. The van der Waals surface area contributed by atoms with Gasteiger partial charge in [-0.2, -0.15) is 0 Å². The molecule has 1 aromatic carbocycles. The summed E-state index contributed by atoms with van der Waals surface area (Å²) < 4.78 is 15.3. The highest BCUT2D eigenvalue weighted by Gasteiger charge is 2.04. The fraction of sp³-hybridized carbons (Fsp3) is 0.647. The van der Waals surface area contributed by atoms with Gasteiger partial charge in [-0.1, -0.05) is 18.2 Å². The van der Waals surface area contributed by atoms with Crippen molar-refractivity contribution in [1.29, 1.82) is 0 Å². The summed E-state index contributed by atoms with van der Waals surface area (Å²) in [5.41, 5.74) is 0. The number of para-hydroxylation sites is 1. The first kappa shape index (κ1) is 24.1. The van der Waals surface area contributed by atoms with Crippen molar-refractivity contribution < 1.29 is 29.5 Å². The van der Waals surface area contributed by atoms with Crippen molar-refractivity contribution in [3.05, 3.63) is 30.3 Å². The average molecular weight is 332 g/mol. The first-order chi connectivity index (χ1) is 10.9. The van der Waals surface area contributed by atoms with E-state index in [2.05, 4.69) is 0 Å². The maximum atomic E-state index is 8.63. The molecular weight excluding hydrogens is 300 g/mol. The molecule has 1 rings (SSSR count). The Bertz CT molecular complexity index is 331. The number of methoxy groups -OCH3 is 2. The minimum atomic E-state index is -0.560. The van der Waals surface area contributed by atoms with Crippen LogP contribution in [0.15, 0.2) is 30.3 Å². The van der Waals surface area contributed by atoms with Crippen molar-refractivity contribution in [2.24, 2.45) is 0 Å². The molecule has 136 valence electrons. The quantitative estimate of drug-likeness (QED) is 0.706. The van der Waals surface area contributed by atoms with E-state index in [0.29, 0.717) is 19.0 Å². The Morgan fingerprint density at radius 3 is 1.78 bits per heavy atom. The van der Waals surface area contributed by atoms with Gasteiger partial charge in [0.15, 0.2) is 0 Å². The first-order valence-electron chi connectivity index (χ1n) is 7.53. The third-order valence-corrected chi connectivity index (χ3v) is 2.44. The lowest BCUT2D eigenvalue weighted by Gasteiger charge is -2.14. The largest absolute Gasteiger partial charge is 0.508 e. The maximum Gasteiger partial charge on any atom is 0.115 e. The van der Waals surface area contributed by atoms with Gasteiger partial charge in [-0.25, -0.2) is 0 Å². The molecule has 0 fully saturated rings. The van der Waals surface area contributed by atoms with E-state index in [1.165, 1.54) is 6.92 Å². The van der Waals surface area contributed by atoms with E-state index < -0.39 is 6.10 Å². The Balaban J connectivity index is 0. The van der Waals surface area contributed by atoms with Gasteiger partial charge < -0.3 is 29.5 Å². The third-order valence-electron chi connectivity index (χ3n) is 2.44. The summed E-state index contributed by atoms with van der Waals surface area (Å²) in [4.78, 5) is 0. The van der Waals surface area contributed by atoms with Crippen LogP contribution < -0.4 is 0 Å². The summed E-state index contributed by atoms with van der Waals surface area (Å²) in [7, 11) is 3.34. The number of aliphatic hydroxyl groups is 2. The molecule has 0 bridgehead atoms. The summed E-state index contributed by atoms with van der Waals surface area (Å²) in [6, 6.07) is 8.71. The smallest absolute Gasteiger partial charge is 0.115 e. The molecule has 0 amide bonds. The molecule has 3 atom stereocenters. The molecule has 0 aromatic heterocycles. The topological polar surface area (TPSA) is 88.4 Å². The molecule has 0 spiro atoms. The molecule has 0 heterocycles. The van der Waals surface area contributed by atoms with Gasteiger partial charge in [0, 0.05) is 14.2 Å². The van der Waals surface area contributed by atoms with E-state index in [-0.39, 0.29) is 18.8 Å². The Morgan fingerprint density at radius 1 is 0.957 bits per heavy atom. The number of hydrogen-bond acceptors (Lipinski definition) is 6. The molecule has 6 heteroatoms. The molecule has 1 aromatic rings. The van der Waals surface area contributed by atoms with Gasteiger partial charge in [0.2, 0.25) is 0 Å². The Hall–Kier alpha value is -1.18. The highest BCUT2D eigenvalue weighted by Crippen LogP contribution is 2.02. The van der Waals surface area contributed by atoms with Crippen molar-refractivity contribution >= 4 is 0 Å². The minimum Gasteiger partial charge on any atom is -0.508 e. The van der Waals surface area contributed by atoms with Gasteiger partial charge in [-0.05, 0) is 32.9 Å². The molecule has 0 radical (unpaired) electrons. The summed E-state index contributed by atoms with van der Waals surface area (Å²) in [5.74, 6) is 0.322. The Kier molecular flexibility index (Phi) is 18.0. The maximum absolute atomic E-state index is 8.63. The predicted octanol–water partition coefficient (Wildman–Crippen LogP) is 1.82. The van der Waals surface area contributed by atoms with E-state index in [4.69, 9.17) is 29.5 Å². The van der Waals surface area contributed by atoms with Gasteiger partial charge in [-0.3, -0.25) is 0 Å². The Labute approximate surface area is 139 Å². The summed E-state index contributed by atoms with van der Waals surface area (Å²) in [5, 5.41) is 24.6. The van der Waals surface area contributed by atoms with Crippen molar-refractivity contribution in [1.82, 2.24) is 0 Å². The molecular formula is C17H32O6. The van der Waals surface area contributed by atoms with Crippen LogP contribution in [0.25, 0.3) is 0 Å². The molecule has 6 nitrogen and oxygen atoms in total. The molecule has 0 aliphatic carbocycles. The number of aliphatic hydroxyl groups excluding tert-OH is 2. The molecule has 3 unspecified atom stereocenters. The van der Waals surface area contributed by atoms with Crippen LogP contribution in [0.4, 0.5) is 0 Å². The fourth-order valence-corrected chi connectivity index (χ4v) is 1.08. The normalized spacial score (nSPS) is 13.7. The summed E-state index contributed by atoms with van der Waals surface area (Å²) in [6.45, 7) is 6.60. The number of ether oxygens (including phenoxy) is 3. The predicted molar refractivity (Wildman–Crippen MR) is 90.6 cm³/mol. The number of phenols is 1. The molecule has 3 N–H and O–H groups in total. The van der Waals surface area contributed by atoms with Gasteiger partial charge in [-0.15, -0.1) is 0 Å². The van der Waals surface area contributed by atoms with Crippen molar-refractivity contribution in [3.63, 3.8) is 0 Å². The fourth-order valence-electron chi connectivity index (χ4n) is 1.08. The molecule has 0 aliphatic heterocycles. The van der Waals surface area contributed by atoms with Crippen LogP contribution in [-0.4, -0.2) is 67.7 Å². The lowest BCUT2D eigenvalue weighted by molar-refractivity contribution is -0.0386. The Morgan fingerprint density at radius 2 is 1.48 bits per heavy atom. The summed E-state index contributed by atoms with van der Waals surface area (Å²) in [6.07, 6.45) is -0.248. The van der Waals surface area contributed by atoms with Gasteiger partial charge in [0.05, 0.1) is 38.1 Å². The SMILES string of the molecule is CC(O)CO.COCC(C)OCC(C)OC.Oc1ccccc1. The zero-order chi connectivity index (χ0) is 18.1. The van der Waals surface area contributed by atoms with E-state index in [9.17, 15) is 0 Å². The van der Waals surface area contributed by atoms with Crippen LogP contribution in [0.1, 0.15) is 20.8 Å². The number of rotatable bonds is 7. The first-order valence-corrected chi connectivity index (χ1v) is 7.53. The van der Waals surface area contributed by atoms with Crippen LogP contribution >= 0.6 is 0 Å². The second kappa shape index (κ2) is 17.2. The van der Waals surface area contributed by atoms with E-state index in [1.54, 1.807) is 38.5 Å². The minimum absolute atomic E-state index is 0.139. The number of phenolic OH excluding ortho intramolecular Hbond substituents is 1. The monoisotopic (exact) mass is 332 g/mol. The highest BCUT2D eigenvalue weighted by atomic mass is 16.5. The van der Waals surface area contributed by atoms with Gasteiger partial charge >= 0.3 is 0 Å². The van der Waals surface area contributed by atoms with Crippen molar-refractivity contribution in [2.45, 2.75) is 39.1 Å². The second-order valence-corrected chi connectivity index (χ2v) is 5.01. The van der Waals surface area contributed by atoms with Gasteiger partial charge in [0.1, 0.15) is 5.75 Å². The summed E-state index contributed by atoms with van der Waals surface area (Å²) >= 11 is 0. The van der Waals surface area contributed by atoms with Crippen molar-refractivity contribution in [3.8, 4) is 5.75 Å². The zero-order valence-electron chi connectivity index (χ0n) is 14.8. The van der Waals surface area contributed by atoms with Crippen LogP contribution in [-0.2, 0) is 14.2 Å². The van der Waals surface area contributed by atoms with Crippen LogP contribution in [0.2, 0.25) is 0 Å². The van der Waals surface area contributed by atoms with Crippen LogP contribution in [0.5, 0.6) is 5.75 Å². The van der Waals surface area contributed by atoms with Crippen LogP contribution in [0, 0.1) is 0 Å². The average Bonchev–Trinajstić information content (AvgIpc) is 2.54. The molecule has 0 saturated heterocycles. The number of aromatic hydroxyl groups is 1. The second-order valence-electron chi connectivity index (χ2n) is 5.01. The number of benzene rings is 1. The van der Waals surface area contributed by atoms with Crippen molar-refractivity contribution in [2.75, 3.05) is 34.0 Å². The number of hydrogen-bond donors (Lipinski definition) is 3. The highest BCUT2D eigenvalue weighted by molar-refractivity contribution is 5.18. The van der Waals surface area contributed by atoms with E-state index >= 15 is 0 Å². The lowest BCUT2D eigenvalue weighted by Crippen LogP contribution is -2.21. The third kappa shape index (κ3) is 20.8. The standard InChI is InChI=1S/C8H18O3.C6H6O.C3H8O2/c1-7(10-4)6-11-8(2)5-9-3;7-6-4-2-1-3-5-6;1-3(5)2-4/h7-8H,5-6H2,1-4H3;1-5,7H;3-5H,2H2,1H3. The zero-order valence-corrected chi connectivity index (χ0v) is 14.8.